The van der Waals surface area contributed by atoms with Crippen LogP contribution in [-0.4, -0.2) is 89.6 Å². The van der Waals surface area contributed by atoms with E-state index >= 15 is 0 Å². The van der Waals surface area contributed by atoms with Crippen LogP contribution in [0.15, 0.2) is 18.2 Å². The van der Waals surface area contributed by atoms with Crippen molar-refractivity contribution in [3.63, 3.8) is 0 Å². The van der Waals surface area contributed by atoms with Crippen LogP contribution in [-0.2, 0) is 0 Å². The number of benzene rings is 1. The maximum absolute atomic E-state index is 7.17. The van der Waals surface area contributed by atoms with Crippen molar-refractivity contribution in [1.82, 2.24) is 0 Å². The van der Waals surface area contributed by atoms with E-state index < -0.39 is 29.3 Å². The van der Waals surface area contributed by atoms with Crippen LogP contribution in [0.2, 0.25) is 0 Å². The van der Waals surface area contributed by atoms with Gasteiger partial charge in [-0.2, -0.15) is 35.4 Å². The van der Waals surface area contributed by atoms with Gasteiger partial charge in [0, 0.05) is 0 Å². The molecule has 0 heterocycles. The minimum atomic E-state index is -2.17. The standard InChI is InChI=1S/C8H9.4BH3O3.Li/c1-7-4-3-5-8(2)6-7;4*2-1(3)4;/h4-6H,1-2H3;4*2-4H;/q-1;;;;;+1. The Hall–Kier alpha value is -0.403. The summed E-state index contributed by atoms with van der Waals surface area (Å²) in [4.78, 5) is 0. The Labute approximate surface area is 158 Å². The van der Waals surface area contributed by atoms with E-state index in [4.69, 9.17) is 60.3 Å². The molecule has 0 aliphatic rings. The Morgan fingerprint density at radius 1 is 0.560 bits per heavy atom. The van der Waals surface area contributed by atoms with Crippen molar-refractivity contribution >= 4 is 29.3 Å². The quantitative estimate of drug-likeness (QED) is 0.152. The van der Waals surface area contributed by atoms with E-state index in [1.165, 1.54) is 11.1 Å². The molecule has 138 valence electrons. The van der Waals surface area contributed by atoms with Gasteiger partial charge in [0.25, 0.3) is 0 Å². The van der Waals surface area contributed by atoms with Gasteiger partial charge in [0.1, 0.15) is 0 Å². The van der Waals surface area contributed by atoms with Crippen molar-refractivity contribution in [2.75, 3.05) is 0 Å². The first kappa shape index (κ1) is 35.7. The van der Waals surface area contributed by atoms with Crippen LogP contribution in [0.25, 0.3) is 0 Å². The molecule has 0 amide bonds. The molecule has 1 aromatic rings. The molecule has 0 atom stereocenters. The molecule has 12 nitrogen and oxygen atoms in total. The van der Waals surface area contributed by atoms with Crippen molar-refractivity contribution in [2.45, 2.75) is 13.8 Å². The van der Waals surface area contributed by atoms with Gasteiger partial charge in [-0.05, 0) is 0 Å². The number of hydrogen-bond donors (Lipinski definition) is 12. The summed E-state index contributed by atoms with van der Waals surface area (Å²) >= 11 is 0. The van der Waals surface area contributed by atoms with E-state index in [9.17, 15) is 0 Å². The van der Waals surface area contributed by atoms with Gasteiger partial charge in [0.15, 0.2) is 0 Å². The zero-order valence-corrected chi connectivity index (χ0v) is 13.9. The molecule has 1 aromatic carbocycles. The van der Waals surface area contributed by atoms with Gasteiger partial charge >= 0.3 is 48.1 Å². The monoisotopic (exact) mass is 360 g/mol. The zero-order valence-electron chi connectivity index (χ0n) is 13.9. The summed E-state index contributed by atoms with van der Waals surface area (Å²) in [7, 11) is -8.67. The van der Waals surface area contributed by atoms with Crippen molar-refractivity contribution in [3.05, 3.63) is 35.4 Å². The molecule has 0 spiro atoms. The third-order valence-electron chi connectivity index (χ3n) is 1.08. The molecule has 1 rings (SSSR count). The molecule has 0 saturated carbocycles. The summed E-state index contributed by atoms with van der Waals surface area (Å²) in [6.45, 7) is 4.15. The molecule has 0 aromatic heterocycles. The van der Waals surface area contributed by atoms with Crippen LogP contribution in [0.5, 0.6) is 0 Å². The average molecular weight is 359 g/mol. The van der Waals surface area contributed by atoms with Crippen LogP contribution in [0, 0.1) is 19.9 Å². The van der Waals surface area contributed by atoms with E-state index in [2.05, 4.69) is 26.0 Å². The third-order valence-corrected chi connectivity index (χ3v) is 1.08. The van der Waals surface area contributed by atoms with Crippen LogP contribution < -0.4 is 18.9 Å². The fourth-order valence-electron chi connectivity index (χ4n) is 0.747. The molecular weight excluding hydrogens is 338 g/mol. The van der Waals surface area contributed by atoms with Gasteiger partial charge < -0.3 is 60.3 Å². The van der Waals surface area contributed by atoms with Crippen LogP contribution in [0.1, 0.15) is 11.1 Å². The molecule has 0 bridgehead atoms. The molecule has 0 radical (unpaired) electrons. The predicted octanol–water partition coefficient (Wildman–Crippen LogP) is -9.10. The van der Waals surface area contributed by atoms with Crippen molar-refractivity contribution in [3.8, 4) is 0 Å². The average Bonchev–Trinajstić information content (AvgIpc) is 2.24. The first-order chi connectivity index (χ1) is 10.7. The zero-order chi connectivity index (χ0) is 20.3. The SMILES string of the molecule is Cc1c[c-]cc(C)c1.OB(O)O.OB(O)O.OB(O)O.OB(O)O.[Li+]. The van der Waals surface area contributed by atoms with Crippen LogP contribution in [0.3, 0.4) is 0 Å². The second kappa shape index (κ2) is 25.8. The van der Waals surface area contributed by atoms with Crippen LogP contribution in [0.4, 0.5) is 0 Å². The molecule has 0 aliphatic carbocycles. The Bertz CT molecular complexity index is 307. The van der Waals surface area contributed by atoms with E-state index in [0.29, 0.717) is 0 Å². The molecule has 12 N–H and O–H groups in total. The largest absolute Gasteiger partial charge is 1.00 e. The normalized spacial score (nSPS) is 7.28. The maximum Gasteiger partial charge on any atom is 1.00 e. The number of rotatable bonds is 0. The molecule has 0 unspecified atom stereocenters. The summed E-state index contributed by atoms with van der Waals surface area (Å²) < 4.78 is 0. The van der Waals surface area contributed by atoms with Crippen molar-refractivity contribution < 1.29 is 79.1 Å². The van der Waals surface area contributed by atoms with Crippen LogP contribution >= 0.6 is 0 Å². The Kier molecular flexibility index (Phi) is 36.9. The smallest absolute Gasteiger partial charge is 0.402 e. The van der Waals surface area contributed by atoms with E-state index in [1.54, 1.807) is 0 Å². The van der Waals surface area contributed by atoms with E-state index in [-0.39, 0.29) is 18.9 Å². The molecule has 25 heavy (non-hydrogen) atoms. The molecule has 0 saturated heterocycles. The number of aryl methyl sites for hydroxylation is 2. The van der Waals surface area contributed by atoms with Gasteiger partial charge in [0.2, 0.25) is 0 Å². The summed E-state index contributed by atoms with van der Waals surface area (Å²) in [5.74, 6) is 0. The summed E-state index contributed by atoms with van der Waals surface area (Å²) in [5, 5.41) is 86.0. The minimum Gasteiger partial charge on any atom is -0.402 e. The van der Waals surface area contributed by atoms with Gasteiger partial charge in [-0.15, -0.1) is 0 Å². The van der Waals surface area contributed by atoms with Crippen molar-refractivity contribution in [1.29, 1.82) is 0 Å². The van der Waals surface area contributed by atoms with Gasteiger partial charge in [-0.3, -0.25) is 0 Å². The second-order valence-electron chi connectivity index (χ2n) is 3.47. The first-order valence-corrected chi connectivity index (χ1v) is 5.83. The number of hydrogen-bond acceptors (Lipinski definition) is 12. The maximum atomic E-state index is 7.17. The van der Waals surface area contributed by atoms with Crippen molar-refractivity contribution in [2.24, 2.45) is 0 Å². The first-order valence-electron chi connectivity index (χ1n) is 5.83. The Morgan fingerprint density at radius 3 is 0.800 bits per heavy atom. The van der Waals surface area contributed by atoms with Gasteiger partial charge in [-0.25, -0.2) is 0 Å². The summed E-state index contributed by atoms with van der Waals surface area (Å²) in [6, 6.07) is 9.12. The summed E-state index contributed by atoms with van der Waals surface area (Å²) in [5.41, 5.74) is 2.56. The molecule has 17 heteroatoms. The van der Waals surface area contributed by atoms with Gasteiger partial charge in [0.05, 0.1) is 0 Å². The third kappa shape index (κ3) is 120. The predicted molar refractivity (Wildman–Crippen MR) is 84.4 cm³/mol. The topological polar surface area (TPSA) is 243 Å². The minimum absolute atomic E-state index is 0. The van der Waals surface area contributed by atoms with E-state index in [0.717, 1.165) is 0 Å². The second-order valence-corrected chi connectivity index (χ2v) is 3.47. The molecule has 0 aliphatic heterocycles. The molecular formula is C8H21B4LiO12. The summed E-state index contributed by atoms with van der Waals surface area (Å²) in [6.07, 6.45) is 0. The fraction of sp³-hybridized carbons (Fsp3) is 0.250. The Morgan fingerprint density at radius 2 is 0.720 bits per heavy atom. The molecule has 0 fully saturated rings. The Balaban J connectivity index is -0.0000000695. The van der Waals surface area contributed by atoms with E-state index in [1.807, 2.05) is 12.1 Å². The van der Waals surface area contributed by atoms with Gasteiger partial charge in [-0.1, -0.05) is 13.8 Å². The fourth-order valence-corrected chi connectivity index (χ4v) is 0.747.